The van der Waals surface area contributed by atoms with E-state index in [0.29, 0.717) is 11.6 Å². The topological polar surface area (TPSA) is 33.2 Å². The minimum atomic E-state index is 0.0854. The number of aromatic nitrogens is 1. The molecule has 0 aliphatic carbocycles. The molecule has 0 saturated carbocycles. The Kier molecular flexibility index (Phi) is 4.30. The van der Waals surface area contributed by atoms with Crippen molar-refractivity contribution in [3.63, 3.8) is 0 Å². The van der Waals surface area contributed by atoms with Gasteiger partial charge in [0.1, 0.15) is 5.69 Å². The zero-order valence-corrected chi connectivity index (χ0v) is 14.2. The average Bonchev–Trinajstić information content (AvgIpc) is 2.92. The third-order valence-corrected chi connectivity index (χ3v) is 5.63. The summed E-state index contributed by atoms with van der Waals surface area (Å²) in [5, 5.41) is 0.944. The molecule has 1 saturated heterocycles. The van der Waals surface area contributed by atoms with Crippen molar-refractivity contribution in [2.45, 2.75) is 39.7 Å². The van der Waals surface area contributed by atoms with Crippen molar-refractivity contribution in [3.8, 4) is 10.4 Å². The van der Waals surface area contributed by atoms with E-state index in [9.17, 15) is 4.79 Å². The number of aryl methyl sites for hydroxylation is 1. The van der Waals surface area contributed by atoms with E-state index in [1.54, 1.807) is 11.3 Å². The Morgan fingerprint density at radius 2 is 2.00 bits per heavy atom. The highest BCUT2D eigenvalue weighted by Gasteiger charge is 2.31. The van der Waals surface area contributed by atoms with Crippen LogP contribution >= 0.6 is 11.3 Å². The summed E-state index contributed by atoms with van der Waals surface area (Å²) < 4.78 is 0. The molecule has 116 valence electrons. The fourth-order valence-electron chi connectivity index (χ4n) is 3.12. The molecule has 3 nitrogen and oxygen atoms in total. The van der Waals surface area contributed by atoms with Crippen molar-refractivity contribution < 1.29 is 4.79 Å². The van der Waals surface area contributed by atoms with Crippen LogP contribution in [0.25, 0.3) is 10.4 Å². The average molecular weight is 314 g/mol. The highest BCUT2D eigenvalue weighted by Crippen LogP contribution is 2.32. The fourth-order valence-corrected chi connectivity index (χ4v) is 4.03. The monoisotopic (exact) mass is 314 g/mol. The van der Waals surface area contributed by atoms with E-state index in [-0.39, 0.29) is 11.9 Å². The number of carbonyl (C=O) groups is 1. The van der Waals surface area contributed by atoms with Gasteiger partial charge in [0.05, 0.1) is 9.88 Å². The van der Waals surface area contributed by atoms with Gasteiger partial charge in [0.15, 0.2) is 0 Å². The molecule has 22 heavy (non-hydrogen) atoms. The summed E-state index contributed by atoms with van der Waals surface area (Å²) in [5.74, 6) is 0.639. The van der Waals surface area contributed by atoms with Crippen LogP contribution in [0.1, 0.15) is 42.2 Å². The number of piperidine rings is 1. The molecule has 0 radical (unpaired) electrons. The summed E-state index contributed by atoms with van der Waals surface area (Å²) in [4.78, 5) is 20.6. The van der Waals surface area contributed by atoms with E-state index in [1.165, 1.54) is 6.42 Å². The molecule has 0 spiro atoms. The molecule has 1 fully saturated rings. The number of nitrogens with zero attached hydrogens (tertiary/aromatic N) is 2. The Morgan fingerprint density at radius 3 is 2.73 bits per heavy atom. The van der Waals surface area contributed by atoms with Gasteiger partial charge < -0.3 is 4.90 Å². The number of hydrogen-bond donors (Lipinski definition) is 0. The van der Waals surface area contributed by atoms with Gasteiger partial charge in [-0.1, -0.05) is 37.3 Å². The van der Waals surface area contributed by atoms with Crippen LogP contribution in [-0.4, -0.2) is 28.4 Å². The van der Waals surface area contributed by atoms with Crippen molar-refractivity contribution >= 4 is 17.2 Å². The lowest BCUT2D eigenvalue weighted by Gasteiger charge is -2.37. The number of thiazole rings is 1. The van der Waals surface area contributed by atoms with E-state index in [0.717, 1.165) is 28.4 Å². The van der Waals surface area contributed by atoms with Gasteiger partial charge in [-0.2, -0.15) is 0 Å². The zero-order chi connectivity index (χ0) is 15.7. The molecule has 1 amide bonds. The molecule has 4 heteroatoms. The van der Waals surface area contributed by atoms with E-state index in [2.05, 4.69) is 18.8 Å². The molecule has 2 aromatic rings. The predicted octanol–water partition coefficient (Wildman–Crippen LogP) is 4.38. The Hall–Kier alpha value is -1.68. The zero-order valence-electron chi connectivity index (χ0n) is 13.4. The first-order valence-corrected chi connectivity index (χ1v) is 8.73. The van der Waals surface area contributed by atoms with Gasteiger partial charge in [0.25, 0.3) is 5.91 Å². The molecule has 1 aromatic carbocycles. The van der Waals surface area contributed by atoms with Gasteiger partial charge >= 0.3 is 0 Å². The lowest BCUT2D eigenvalue weighted by Crippen LogP contribution is -2.46. The summed E-state index contributed by atoms with van der Waals surface area (Å²) in [5.41, 5.74) is 1.70. The second kappa shape index (κ2) is 6.21. The van der Waals surface area contributed by atoms with Crippen LogP contribution in [-0.2, 0) is 0 Å². The Bertz CT molecular complexity index is 665. The predicted molar refractivity (Wildman–Crippen MR) is 91.2 cm³/mol. The second-order valence-electron chi connectivity index (χ2n) is 6.14. The third-order valence-electron chi connectivity index (χ3n) is 4.61. The maximum atomic E-state index is 13.0. The van der Waals surface area contributed by atoms with Crippen LogP contribution in [0.2, 0.25) is 0 Å². The first kappa shape index (κ1) is 15.2. The van der Waals surface area contributed by atoms with Crippen molar-refractivity contribution in [1.82, 2.24) is 9.88 Å². The van der Waals surface area contributed by atoms with Crippen molar-refractivity contribution in [2.75, 3.05) is 6.54 Å². The van der Waals surface area contributed by atoms with Crippen LogP contribution in [0.3, 0.4) is 0 Å². The molecular formula is C18H22N2OS. The lowest BCUT2D eigenvalue weighted by atomic mass is 9.92. The van der Waals surface area contributed by atoms with Crippen molar-refractivity contribution in [3.05, 3.63) is 41.0 Å². The standard InChI is InChI=1S/C18H22N2OS/c1-12-8-7-11-20(13(12)2)18(21)16-17(22-14(3)19-16)15-9-5-4-6-10-15/h4-6,9-10,12-13H,7-8,11H2,1-3H3. The van der Waals surface area contributed by atoms with Crippen LogP contribution in [0, 0.1) is 12.8 Å². The fraction of sp³-hybridized carbons (Fsp3) is 0.444. The highest BCUT2D eigenvalue weighted by molar-refractivity contribution is 7.15. The molecule has 1 aliphatic rings. The molecule has 0 bridgehead atoms. The molecule has 2 heterocycles. The molecule has 3 rings (SSSR count). The Balaban J connectivity index is 1.96. The van der Waals surface area contributed by atoms with Crippen LogP contribution in [0.4, 0.5) is 0 Å². The summed E-state index contributed by atoms with van der Waals surface area (Å²) in [6, 6.07) is 10.4. The normalized spacial score (nSPS) is 21.9. The van der Waals surface area contributed by atoms with Crippen LogP contribution in [0.5, 0.6) is 0 Å². The van der Waals surface area contributed by atoms with E-state index < -0.39 is 0 Å². The number of benzene rings is 1. The molecule has 2 atom stereocenters. The Labute approximate surface area is 136 Å². The van der Waals surface area contributed by atoms with Gasteiger partial charge in [-0.3, -0.25) is 4.79 Å². The lowest BCUT2D eigenvalue weighted by molar-refractivity contribution is 0.0546. The Morgan fingerprint density at radius 1 is 1.27 bits per heavy atom. The third kappa shape index (κ3) is 2.80. The SMILES string of the molecule is Cc1nc(C(=O)N2CCCC(C)C2C)c(-c2ccccc2)s1. The first-order chi connectivity index (χ1) is 10.6. The van der Waals surface area contributed by atoms with Crippen LogP contribution in [0.15, 0.2) is 30.3 Å². The maximum Gasteiger partial charge on any atom is 0.274 e. The molecule has 1 aliphatic heterocycles. The molecule has 2 unspecified atom stereocenters. The summed E-state index contributed by atoms with van der Waals surface area (Å²) in [6.07, 6.45) is 2.29. The largest absolute Gasteiger partial charge is 0.334 e. The van der Waals surface area contributed by atoms with Crippen molar-refractivity contribution in [1.29, 1.82) is 0 Å². The summed E-state index contributed by atoms with van der Waals surface area (Å²) in [7, 11) is 0. The van der Waals surface area contributed by atoms with E-state index >= 15 is 0 Å². The van der Waals surface area contributed by atoms with E-state index in [1.807, 2.05) is 42.2 Å². The highest BCUT2D eigenvalue weighted by atomic mass is 32.1. The quantitative estimate of drug-likeness (QED) is 0.824. The smallest absolute Gasteiger partial charge is 0.274 e. The number of carbonyl (C=O) groups excluding carboxylic acids is 1. The van der Waals surface area contributed by atoms with Gasteiger partial charge in [0.2, 0.25) is 0 Å². The van der Waals surface area contributed by atoms with Gasteiger partial charge in [-0.15, -0.1) is 11.3 Å². The molecule has 1 aromatic heterocycles. The van der Waals surface area contributed by atoms with Crippen LogP contribution < -0.4 is 0 Å². The number of amides is 1. The van der Waals surface area contributed by atoms with Gasteiger partial charge in [0, 0.05) is 12.6 Å². The summed E-state index contributed by atoms with van der Waals surface area (Å²) >= 11 is 1.60. The van der Waals surface area contributed by atoms with Crippen molar-refractivity contribution in [2.24, 2.45) is 5.92 Å². The van der Waals surface area contributed by atoms with Gasteiger partial charge in [-0.25, -0.2) is 4.98 Å². The second-order valence-corrected chi connectivity index (χ2v) is 7.34. The minimum absolute atomic E-state index is 0.0854. The molecular weight excluding hydrogens is 292 g/mol. The van der Waals surface area contributed by atoms with Gasteiger partial charge in [-0.05, 0) is 38.2 Å². The number of rotatable bonds is 2. The maximum absolute atomic E-state index is 13.0. The number of likely N-dealkylation sites (tertiary alicyclic amines) is 1. The first-order valence-electron chi connectivity index (χ1n) is 7.91. The molecule has 0 N–H and O–H groups in total. The number of hydrogen-bond acceptors (Lipinski definition) is 3. The minimum Gasteiger partial charge on any atom is -0.334 e. The summed E-state index contributed by atoms with van der Waals surface area (Å²) in [6.45, 7) is 7.20. The van der Waals surface area contributed by atoms with E-state index in [4.69, 9.17) is 0 Å².